The van der Waals surface area contributed by atoms with E-state index in [1.807, 2.05) is 13.2 Å². The third-order valence-corrected chi connectivity index (χ3v) is 5.27. The van der Waals surface area contributed by atoms with E-state index < -0.39 is 0 Å². The van der Waals surface area contributed by atoms with Crippen molar-refractivity contribution < 1.29 is 0 Å². The van der Waals surface area contributed by atoms with Crippen LogP contribution >= 0.6 is 22.7 Å². The highest BCUT2D eigenvalue weighted by Crippen LogP contribution is 2.31. The van der Waals surface area contributed by atoms with Gasteiger partial charge in [0.25, 0.3) is 0 Å². The predicted molar refractivity (Wildman–Crippen MR) is 92.0 cm³/mol. The molecule has 0 spiro atoms. The lowest BCUT2D eigenvalue weighted by Crippen LogP contribution is -2.07. The second kappa shape index (κ2) is 6.22. The Hall–Kier alpha value is -1.30. The van der Waals surface area contributed by atoms with Gasteiger partial charge < -0.3 is 5.32 Å². The quantitative estimate of drug-likeness (QED) is 0.761. The van der Waals surface area contributed by atoms with E-state index >= 15 is 0 Å². The van der Waals surface area contributed by atoms with Crippen LogP contribution in [0.5, 0.6) is 0 Å². The van der Waals surface area contributed by atoms with Gasteiger partial charge in [-0.3, -0.25) is 4.98 Å². The number of aromatic nitrogens is 2. The molecule has 0 saturated carbocycles. The Labute approximate surface area is 133 Å². The summed E-state index contributed by atoms with van der Waals surface area (Å²) < 4.78 is 1.23. The lowest BCUT2D eigenvalue weighted by Gasteiger charge is -2.03. The monoisotopic (exact) mass is 317 g/mol. The molecule has 1 N–H and O–H groups in total. The fourth-order valence-corrected chi connectivity index (χ4v) is 4.18. The van der Waals surface area contributed by atoms with Crippen LogP contribution in [0.25, 0.3) is 20.8 Å². The first kappa shape index (κ1) is 14.6. The van der Waals surface area contributed by atoms with Crippen LogP contribution in [0.2, 0.25) is 0 Å². The third-order valence-electron chi connectivity index (χ3n) is 3.27. The minimum absolute atomic E-state index is 0.619. The number of fused-ring (bicyclic) bond motifs is 1. The van der Waals surface area contributed by atoms with Crippen LogP contribution in [-0.2, 0) is 13.0 Å². The summed E-state index contributed by atoms with van der Waals surface area (Å²) in [5.74, 6) is 0.619. The molecule has 3 aromatic rings. The molecule has 0 unspecified atom stereocenters. The van der Waals surface area contributed by atoms with E-state index in [1.54, 1.807) is 22.7 Å². The molecule has 21 heavy (non-hydrogen) atoms. The van der Waals surface area contributed by atoms with E-state index in [1.165, 1.54) is 15.3 Å². The van der Waals surface area contributed by atoms with Gasteiger partial charge in [0.05, 0.1) is 15.9 Å². The van der Waals surface area contributed by atoms with Crippen molar-refractivity contribution in [3.05, 3.63) is 34.3 Å². The van der Waals surface area contributed by atoms with Crippen LogP contribution < -0.4 is 5.32 Å². The van der Waals surface area contributed by atoms with Crippen molar-refractivity contribution in [3.8, 4) is 10.6 Å². The maximum absolute atomic E-state index is 4.87. The number of pyridine rings is 1. The molecule has 0 amide bonds. The Morgan fingerprint density at radius 2 is 2.19 bits per heavy atom. The Balaban J connectivity index is 2.00. The molecular weight excluding hydrogens is 298 g/mol. The lowest BCUT2D eigenvalue weighted by molar-refractivity contribution is 0.631. The molecular formula is C16H19N3S2. The van der Waals surface area contributed by atoms with Crippen LogP contribution in [-0.4, -0.2) is 17.0 Å². The summed E-state index contributed by atoms with van der Waals surface area (Å²) in [5.41, 5.74) is 3.42. The van der Waals surface area contributed by atoms with Crippen molar-refractivity contribution >= 4 is 32.9 Å². The highest BCUT2D eigenvalue weighted by molar-refractivity contribution is 7.17. The summed E-state index contributed by atoms with van der Waals surface area (Å²) in [7, 11) is 1.98. The van der Waals surface area contributed by atoms with Gasteiger partial charge in [-0.05, 0) is 36.9 Å². The average Bonchev–Trinajstić information content (AvgIpc) is 3.05. The highest BCUT2D eigenvalue weighted by Gasteiger charge is 2.14. The van der Waals surface area contributed by atoms with E-state index in [9.17, 15) is 0 Å². The molecule has 3 nitrogen and oxygen atoms in total. The summed E-state index contributed by atoms with van der Waals surface area (Å²) in [6, 6.07) is 4.26. The van der Waals surface area contributed by atoms with Gasteiger partial charge in [0.2, 0.25) is 0 Å². The summed E-state index contributed by atoms with van der Waals surface area (Å²) >= 11 is 3.51. The number of nitrogens with zero attached hydrogens (tertiary/aromatic N) is 2. The second-order valence-electron chi connectivity index (χ2n) is 5.55. The first-order valence-corrected chi connectivity index (χ1v) is 8.83. The van der Waals surface area contributed by atoms with E-state index in [2.05, 4.69) is 41.7 Å². The van der Waals surface area contributed by atoms with E-state index in [0.717, 1.165) is 29.1 Å². The Morgan fingerprint density at radius 1 is 1.33 bits per heavy atom. The Bertz CT molecular complexity index is 743. The first-order chi connectivity index (χ1) is 10.2. The molecule has 5 heteroatoms. The standard InChI is InChI=1S/C16H19N3S2/c1-10(2)6-13-15(9-17-3)21-16(19-13)11-7-14-12(18-8-11)4-5-20-14/h4-5,7-8,10,17H,6,9H2,1-3H3. The van der Waals surface area contributed by atoms with Crippen LogP contribution in [0.15, 0.2) is 23.7 Å². The van der Waals surface area contributed by atoms with Gasteiger partial charge in [-0.2, -0.15) is 0 Å². The van der Waals surface area contributed by atoms with Crippen LogP contribution in [0.3, 0.4) is 0 Å². The number of rotatable bonds is 5. The fourth-order valence-electron chi connectivity index (χ4n) is 2.32. The minimum Gasteiger partial charge on any atom is -0.315 e. The van der Waals surface area contributed by atoms with Crippen LogP contribution in [0, 0.1) is 5.92 Å². The molecule has 0 radical (unpaired) electrons. The number of hydrogen-bond acceptors (Lipinski definition) is 5. The van der Waals surface area contributed by atoms with Gasteiger partial charge in [-0.1, -0.05) is 13.8 Å². The number of thiazole rings is 1. The minimum atomic E-state index is 0.619. The molecule has 3 aromatic heterocycles. The molecule has 0 aromatic carbocycles. The lowest BCUT2D eigenvalue weighted by atomic mass is 10.1. The van der Waals surface area contributed by atoms with Gasteiger partial charge in [-0.25, -0.2) is 4.98 Å². The summed E-state index contributed by atoms with van der Waals surface area (Å²) in [5, 5.41) is 6.41. The average molecular weight is 317 g/mol. The van der Waals surface area contributed by atoms with E-state index in [0.29, 0.717) is 5.92 Å². The zero-order chi connectivity index (χ0) is 14.8. The number of hydrogen-bond donors (Lipinski definition) is 1. The van der Waals surface area contributed by atoms with Crippen molar-refractivity contribution in [2.45, 2.75) is 26.8 Å². The molecule has 3 rings (SSSR count). The molecule has 0 atom stereocenters. The van der Waals surface area contributed by atoms with Gasteiger partial charge >= 0.3 is 0 Å². The molecule has 110 valence electrons. The second-order valence-corrected chi connectivity index (χ2v) is 7.58. The summed E-state index contributed by atoms with van der Waals surface area (Å²) in [6.07, 6.45) is 2.97. The van der Waals surface area contributed by atoms with Gasteiger partial charge in [0.15, 0.2) is 0 Å². The fraction of sp³-hybridized carbons (Fsp3) is 0.375. The third kappa shape index (κ3) is 3.15. The maximum Gasteiger partial charge on any atom is 0.125 e. The summed E-state index contributed by atoms with van der Waals surface area (Å²) in [6.45, 7) is 5.36. The van der Waals surface area contributed by atoms with Crippen molar-refractivity contribution in [3.63, 3.8) is 0 Å². The van der Waals surface area contributed by atoms with Crippen LogP contribution in [0.4, 0.5) is 0 Å². The van der Waals surface area contributed by atoms with Gasteiger partial charge in [0, 0.05) is 23.2 Å². The van der Waals surface area contributed by atoms with Crippen molar-refractivity contribution in [2.24, 2.45) is 5.92 Å². The van der Waals surface area contributed by atoms with Gasteiger partial charge in [-0.15, -0.1) is 22.7 Å². The molecule has 0 bridgehead atoms. The van der Waals surface area contributed by atoms with Crippen molar-refractivity contribution in [2.75, 3.05) is 7.05 Å². The summed E-state index contributed by atoms with van der Waals surface area (Å²) in [4.78, 5) is 10.7. The molecule has 0 saturated heterocycles. The zero-order valence-electron chi connectivity index (χ0n) is 12.5. The van der Waals surface area contributed by atoms with Crippen molar-refractivity contribution in [1.29, 1.82) is 0 Å². The predicted octanol–water partition coefficient (Wildman–Crippen LogP) is 4.34. The number of nitrogens with one attached hydrogen (secondary N) is 1. The molecule has 0 fully saturated rings. The molecule has 3 heterocycles. The maximum atomic E-state index is 4.87. The molecule has 0 aliphatic rings. The van der Waals surface area contributed by atoms with E-state index in [4.69, 9.17) is 4.98 Å². The normalized spacial score (nSPS) is 11.6. The SMILES string of the molecule is CNCc1sc(-c2cnc3ccsc3c2)nc1CC(C)C. The van der Waals surface area contributed by atoms with E-state index in [-0.39, 0.29) is 0 Å². The first-order valence-electron chi connectivity index (χ1n) is 7.14. The zero-order valence-corrected chi connectivity index (χ0v) is 14.1. The highest BCUT2D eigenvalue weighted by atomic mass is 32.1. The molecule has 0 aliphatic carbocycles. The Kier molecular flexibility index (Phi) is 4.33. The van der Waals surface area contributed by atoms with Crippen LogP contribution in [0.1, 0.15) is 24.4 Å². The Morgan fingerprint density at radius 3 is 2.95 bits per heavy atom. The van der Waals surface area contributed by atoms with Crippen molar-refractivity contribution in [1.82, 2.24) is 15.3 Å². The number of thiophene rings is 1. The largest absolute Gasteiger partial charge is 0.315 e. The smallest absolute Gasteiger partial charge is 0.125 e. The topological polar surface area (TPSA) is 37.8 Å². The molecule has 0 aliphatic heterocycles. The van der Waals surface area contributed by atoms with Gasteiger partial charge in [0.1, 0.15) is 5.01 Å².